The number of rotatable bonds is 4. The number of ketones is 1. The predicted octanol–water partition coefficient (Wildman–Crippen LogP) is 1.97. The maximum Gasteiger partial charge on any atom is 0.378 e. The van der Waals surface area contributed by atoms with Crippen LogP contribution >= 0.6 is 0 Å². The predicted molar refractivity (Wildman–Crippen MR) is 72.0 cm³/mol. The second-order valence-electron chi connectivity index (χ2n) is 4.44. The maximum atomic E-state index is 11.4. The Morgan fingerprint density at radius 2 is 2.00 bits per heavy atom. The molecule has 2 rings (SSSR count). The summed E-state index contributed by atoms with van der Waals surface area (Å²) < 4.78 is 5.32. The van der Waals surface area contributed by atoms with Crippen molar-refractivity contribution in [2.75, 3.05) is 7.11 Å². The van der Waals surface area contributed by atoms with Gasteiger partial charge in [-0.1, -0.05) is 6.07 Å². The molecular formula is C14H14N2O4. The molecule has 0 amide bonds. The van der Waals surface area contributed by atoms with E-state index in [2.05, 4.69) is 9.97 Å². The molecule has 6 nitrogen and oxygen atoms in total. The van der Waals surface area contributed by atoms with E-state index in [9.17, 15) is 9.59 Å². The van der Waals surface area contributed by atoms with Gasteiger partial charge in [0.25, 0.3) is 5.78 Å². The van der Waals surface area contributed by atoms with Crippen LogP contribution in [0.25, 0.3) is 11.4 Å². The van der Waals surface area contributed by atoms with E-state index >= 15 is 0 Å². The summed E-state index contributed by atoms with van der Waals surface area (Å²) in [5.41, 5.74) is 2.61. The van der Waals surface area contributed by atoms with Gasteiger partial charge >= 0.3 is 5.97 Å². The van der Waals surface area contributed by atoms with Crippen LogP contribution in [0.3, 0.4) is 0 Å². The smallest absolute Gasteiger partial charge is 0.378 e. The molecule has 2 N–H and O–H groups in total. The van der Waals surface area contributed by atoms with Crippen LogP contribution in [0.4, 0.5) is 0 Å². The highest BCUT2D eigenvalue weighted by molar-refractivity contribution is 6.39. The number of benzene rings is 1. The van der Waals surface area contributed by atoms with Crippen molar-refractivity contribution in [3.63, 3.8) is 0 Å². The molecule has 2 aromatic rings. The number of methoxy groups -OCH3 is 1. The van der Waals surface area contributed by atoms with Gasteiger partial charge < -0.3 is 14.8 Å². The number of carbonyl (C=O) groups is 2. The third kappa shape index (κ3) is 2.40. The molecule has 0 bridgehead atoms. The molecule has 1 aromatic carbocycles. The van der Waals surface area contributed by atoms with Gasteiger partial charge in [0.2, 0.25) is 0 Å². The van der Waals surface area contributed by atoms with Crippen LogP contribution in [0.2, 0.25) is 0 Å². The number of aryl methyl sites for hydroxylation is 2. The van der Waals surface area contributed by atoms with Crippen molar-refractivity contribution in [2.45, 2.75) is 13.8 Å². The average molecular weight is 274 g/mol. The zero-order valence-corrected chi connectivity index (χ0v) is 11.4. The van der Waals surface area contributed by atoms with Gasteiger partial charge in [0.1, 0.15) is 17.3 Å². The number of aromatic amines is 1. The van der Waals surface area contributed by atoms with E-state index < -0.39 is 11.8 Å². The van der Waals surface area contributed by atoms with Gasteiger partial charge in [-0.2, -0.15) is 0 Å². The molecule has 0 aliphatic carbocycles. The van der Waals surface area contributed by atoms with Crippen LogP contribution in [-0.2, 0) is 4.79 Å². The number of aromatic nitrogens is 2. The summed E-state index contributed by atoms with van der Waals surface area (Å²) >= 11 is 0. The number of nitrogens with one attached hydrogen (secondary N) is 1. The Morgan fingerprint density at radius 1 is 1.30 bits per heavy atom. The molecule has 0 unspecified atom stereocenters. The summed E-state index contributed by atoms with van der Waals surface area (Å²) in [4.78, 5) is 28.8. The van der Waals surface area contributed by atoms with Crippen LogP contribution in [0, 0.1) is 13.8 Å². The topological polar surface area (TPSA) is 92.3 Å². The van der Waals surface area contributed by atoms with Gasteiger partial charge in [-0.05, 0) is 31.0 Å². The number of H-pyrrole nitrogens is 1. The lowest BCUT2D eigenvalue weighted by atomic mass is 10.0. The van der Waals surface area contributed by atoms with Gasteiger partial charge in [-0.15, -0.1) is 0 Å². The molecule has 0 radical (unpaired) electrons. The number of aliphatic carboxylic acids is 1. The van der Waals surface area contributed by atoms with Crippen LogP contribution in [0.5, 0.6) is 5.75 Å². The highest BCUT2D eigenvalue weighted by atomic mass is 16.5. The molecule has 0 spiro atoms. The normalized spacial score (nSPS) is 10.3. The van der Waals surface area contributed by atoms with E-state index in [1.807, 2.05) is 26.0 Å². The Balaban J connectivity index is 2.53. The fraction of sp³-hybridized carbons (Fsp3) is 0.214. The molecule has 20 heavy (non-hydrogen) atoms. The van der Waals surface area contributed by atoms with Gasteiger partial charge in [0.15, 0.2) is 0 Å². The molecular weight excluding hydrogens is 260 g/mol. The second kappa shape index (κ2) is 5.16. The third-order valence-electron chi connectivity index (χ3n) is 2.92. The van der Waals surface area contributed by atoms with E-state index in [1.165, 1.54) is 6.20 Å². The number of imidazole rings is 1. The zero-order valence-electron chi connectivity index (χ0n) is 11.4. The Labute approximate surface area is 115 Å². The van der Waals surface area contributed by atoms with Crippen LogP contribution in [0.1, 0.15) is 21.6 Å². The Hall–Kier alpha value is -2.63. The average Bonchev–Trinajstić information content (AvgIpc) is 2.85. The highest BCUT2D eigenvalue weighted by Crippen LogP contribution is 2.32. The largest absolute Gasteiger partial charge is 0.496 e. The first-order chi connectivity index (χ1) is 9.43. The van der Waals surface area contributed by atoms with Crippen LogP contribution in [-0.4, -0.2) is 33.9 Å². The van der Waals surface area contributed by atoms with Crippen molar-refractivity contribution in [3.05, 3.63) is 35.2 Å². The molecule has 1 aromatic heterocycles. The van der Waals surface area contributed by atoms with Crippen molar-refractivity contribution in [3.8, 4) is 17.1 Å². The molecule has 1 heterocycles. The van der Waals surface area contributed by atoms with E-state index in [1.54, 1.807) is 7.11 Å². The number of carboxylic acid groups (broad SMARTS) is 1. The lowest BCUT2D eigenvalue weighted by molar-refractivity contribution is -0.131. The summed E-state index contributed by atoms with van der Waals surface area (Å²) in [6.07, 6.45) is 1.21. The van der Waals surface area contributed by atoms with E-state index in [0.717, 1.165) is 11.1 Å². The molecule has 0 saturated carbocycles. The summed E-state index contributed by atoms with van der Waals surface area (Å²) in [6, 6.07) is 3.81. The molecule has 0 atom stereocenters. The Bertz CT molecular complexity index is 688. The summed E-state index contributed by atoms with van der Waals surface area (Å²) in [5, 5.41) is 8.68. The number of ether oxygens (including phenoxy) is 1. The first-order valence-corrected chi connectivity index (χ1v) is 5.92. The van der Waals surface area contributed by atoms with Crippen molar-refractivity contribution >= 4 is 11.8 Å². The first kappa shape index (κ1) is 13.8. The van der Waals surface area contributed by atoms with Crippen molar-refractivity contribution < 1.29 is 19.4 Å². The van der Waals surface area contributed by atoms with Gasteiger partial charge in [0.05, 0.1) is 18.9 Å². The molecule has 0 aliphatic rings. The zero-order chi connectivity index (χ0) is 14.9. The number of hydrogen-bond donors (Lipinski definition) is 2. The number of Topliss-reactive ketones (excluding diaryl/α,β-unsaturated/α-hetero) is 1. The van der Waals surface area contributed by atoms with Crippen LogP contribution in [0.15, 0.2) is 18.3 Å². The standard InChI is InChI=1S/C14H14N2O4/c1-7-4-8(2)11(10(5-7)20-3)13-15-6-9(16-13)12(17)14(18)19/h4-6H,1-3H3,(H,15,16)(H,18,19). The monoisotopic (exact) mass is 274 g/mol. The van der Waals surface area contributed by atoms with Crippen molar-refractivity contribution in [1.82, 2.24) is 9.97 Å². The van der Waals surface area contributed by atoms with Gasteiger partial charge in [-0.3, -0.25) is 4.79 Å². The molecule has 0 saturated heterocycles. The minimum atomic E-state index is -1.52. The highest BCUT2D eigenvalue weighted by Gasteiger charge is 2.20. The molecule has 0 fully saturated rings. The quantitative estimate of drug-likeness (QED) is 0.657. The number of hydrogen-bond acceptors (Lipinski definition) is 4. The van der Waals surface area contributed by atoms with E-state index in [4.69, 9.17) is 9.84 Å². The molecule has 104 valence electrons. The fourth-order valence-corrected chi connectivity index (χ4v) is 2.07. The van der Waals surface area contributed by atoms with Gasteiger partial charge in [-0.25, -0.2) is 9.78 Å². The van der Waals surface area contributed by atoms with Crippen molar-refractivity contribution in [1.29, 1.82) is 0 Å². The molecule has 6 heteroatoms. The van der Waals surface area contributed by atoms with E-state index in [-0.39, 0.29) is 5.69 Å². The maximum absolute atomic E-state index is 11.4. The Kier molecular flexibility index (Phi) is 3.56. The lowest BCUT2D eigenvalue weighted by Gasteiger charge is -2.10. The summed E-state index contributed by atoms with van der Waals surface area (Å²) in [7, 11) is 1.55. The summed E-state index contributed by atoms with van der Waals surface area (Å²) in [5.74, 6) is -1.52. The fourth-order valence-electron chi connectivity index (χ4n) is 2.07. The minimum Gasteiger partial charge on any atom is -0.496 e. The lowest BCUT2D eigenvalue weighted by Crippen LogP contribution is -2.12. The second-order valence-corrected chi connectivity index (χ2v) is 4.44. The minimum absolute atomic E-state index is 0.0606. The van der Waals surface area contributed by atoms with Crippen LogP contribution < -0.4 is 4.74 Å². The van der Waals surface area contributed by atoms with Crippen molar-refractivity contribution in [2.24, 2.45) is 0 Å². The third-order valence-corrected chi connectivity index (χ3v) is 2.92. The number of carboxylic acids is 1. The summed E-state index contributed by atoms with van der Waals surface area (Å²) in [6.45, 7) is 3.84. The van der Waals surface area contributed by atoms with Gasteiger partial charge in [0, 0.05) is 0 Å². The molecule has 0 aliphatic heterocycles. The Morgan fingerprint density at radius 3 is 2.60 bits per heavy atom. The number of nitrogens with zero attached hydrogens (tertiary/aromatic N) is 1. The number of carbonyl (C=O) groups excluding carboxylic acids is 1. The van der Waals surface area contributed by atoms with E-state index in [0.29, 0.717) is 17.1 Å². The first-order valence-electron chi connectivity index (χ1n) is 5.92. The SMILES string of the molecule is COc1cc(C)cc(C)c1-c1ncc(C(=O)C(=O)O)[nH]1.